The monoisotopic (exact) mass is 345 g/mol. The molecule has 0 spiro atoms. The van der Waals surface area contributed by atoms with Crippen LogP contribution in [-0.4, -0.2) is 40.3 Å². The quantitative estimate of drug-likeness (QED) is 0.891. The summed E-state index contributed by atoms with van der Waals surface area (Å²) in [6.45, 7) is 0.847. The molecule has 2 fully saturated rings. The predicted molar refractivity (Wildman–Crippen MR) is 89.7 cm³/mol. The number of ether oxygens (including phenoxy) is 1. The zero-order chi connectivity index (χ0) is 16.7. The molecule has 4 rings (SSSR count). The van der Waals surface area contributed by atoms with E-state index in [9.17, 15) is 9.90 Å². The highest BCUT2D eigenvalue weighted by Crippen LogP contribution is 2.45. The van der Waals surface area contributed by atoms with Crippen LogP contribution in [0.5, 0.6) is 0 Å². The van der Waals surface area contributed by atoms with Crippen LogP contribution in [0, 0.1) is 0 Å². The molecule has 0 saturated carbocycles. The van der Waals surface area contributed by atoms with Gasteiger partial charge in [-0.1, -0.05) is 23.7 Å². The number of carboxylic acid groups (broad SMARTS) is 1. The Bertz CT molecular complexity index is 766. The Balaban J connectivity index is 1.52. The number of amides is 1. The van der Waals surface area contributed by atoms with Crippen molar-refractivity contribution in [3.8, 4) is 0 Å². The van der Waals surface area contributed by atoms with E-state index in [0.717, 1.165) is 11.3 Å². The third-order valence-corrected chi connectivity index (χ3v) is 4.86. The van der Waals surface area contributed by atoms with Crippen molar-refractivity contribution < 1.29 is 14.6 Å². The molecule has 7 heteroatoms. The smallest absolute Gasteiger partial charge is 0.407 e. The van der Waals surface area contributed by atoms with Crippen molar-refractivity contribution in [3.05, 3.63) is 53.2 Å². The van der Waals surface area contributed by atoms with Gasteiger partial charge in [0, 0.05) is 18.3 Å². The fourth-order valence-electron chi connectivity index (χ4n) is 3.44. The number of likely N-dealkylation sites (tertiary alicyclic amines) is 1. The van der Waals surface area contributed by atoms with Crippen LogP contribution in [0.2, 0.25) is 5.02 Å². The van der Waals surface area contributed by atoms with E-state index in [2.05, 4.69) is 10.3 Å². The summed E-state index contributed by atoms with van der Waals surface area (Å²) in [5.74, 6) is 0.709. The van der Waals surface area contributed by atoms with Crippen LogP contribution in [0.4, 0.5) is 16.3 Å². The zero-order valence-corrected chi connectivity index (χ0v) is 13.5. The van der Waals surface area contributed by atoms with Crippen LogP contribution in [0.25, 0.3) is 0 Å². The molecule has 2 N–H and O–H groups in total. The molecular weight excluding hydrogens is 330 g/mol. The van der Waals surface area contributed by atoms with Crippen molar-refractivity contribution in [1.29, 1.82) is 0 Å². The number of nitrogens with one attached hydrogen (secondary N) is 1. The third-order valence-electron chi connectivity index (χ3n) is 4.64. The van der Waals surface area contributed by atoms with Gasteiger partial charge in [0.15, 0.2) is 0 Å². The Hall–Kier alpha value is -2.31. The molecule has 124 valence electrons. The number of benzene rings is 1. The van der Waals surface area contributed by atoms with E-state index in [1.165, 1.54) is 4.90 Å². The van der Waals surface area contributed by atoms with E-state index in [1.54, 1.807) is 18.3 Å². The maximum Gasteiger partial charge on any atom is 0.407 e. The molecular formula is C17H16ClN3O3. The second-order valence-corrected chi connectivity index (χ2v) is 6.57. The number of morpholine rings is 1. The van der Waals surface area contributed by atoms with Crippen molar-refractivity contribution in [2.24, 2.45) is 0 Å². The normalized spacial score (nSPS) is 25.0. The van der Waals surface area contributed by atoms with Crippen LogP contribution in [-0.2, 0) is 10.3 Å². The van der Waals surface area contributed by atoms with E-state index >= 15 is 0 Å². The Kier molecular flexibility index (Phi) is 3.58. The molecule has 2 bridgehead atoms. The van der Waals surface area contributed by atoms with Crippen molar-refractivity contribution >= 4 is 29.2 Å². The summed E-state index contributed by atoms with van der Waals surface area (Å²) in [5.41, 5.74) is 1.39. The van der Waals surface area contributed by atoms with Crippen LogP contribution < -0.4 is 5.32 Å². The first-order valence-electron chi connectivity index (χ1n) is 7.68. The number of anilines is 2. The van der Waals surface area contributed by atoms with Gasteiger partial charge in [0.25, 0.3) is 0 Å². The first-order valence-corrected chi connectivity index (χ1v) is 8.06. The van der Waals surface area contributed by atoms with Crippen molar-refractivity contribution in [3.63, 3.8) is 0 Å². The van der Waals surface area contributed by atoms with Gasteiger partial charge in [-0.2, -0.15) is 0 Å². The van der Waals surface area contributed by atoms with Crippen LogP contribution in [0.15, 0.2) is 42.6 Å². The number of aromatic nitrogens is 1. The topological polar surface area (TPSA) is 74.7 Å². The number of pyridine rings is 1. The summed E-state index contributed by atoms with van der Waals surface area (Å²) >= 11 is 5.83. The Morgan fingerprint density at radius 2 is 2.12 bits per heavy atom. The molecule has 2 saturated heterocycles. The van der Waals surface area contributed by atoms with Gasteiger partial charge in [-0.25, -0.2) is 9.78 Å². The van der Waals surface area contributed by atoms with Crippen molar-refractivity contribution in [1.82, 2.24) is 9.88 Å². The SMILES string of the molecule is O=C(O)N1C[C@]2(c3ccc(Nc4ccc(Cl)cn4)cc3)C[C@H]1CO2. The fraction of sp³-hybridized carbons (Fsp3) is 0.294. The molecule has 0 aliphatic carbocycles. The lowest BCUT2D eigenvalue weighted by atomic mass is 9.93. The molecule has 2 aliphatic heterocycles. The Morgan fingerprint density at radius 1 is 1.33 bits per heavy atom. The second kappa shape index (κ2) is 5.65. The molecule has 6 nitrogen and oxygen atoms in total. The standard InChI is InChI=1S/C17H16ClN3O3/c18-12-3-6-15(19-8-12)20-13-4-1-11(2-5-13)17-7-14(9-24-17)21(10-17)16(22)23/h1-6,8,14H,7,9-10H2,(H,19,20)(H,22,23)/t14-,17-/m0/s1. The highest BCUT2D eigenvalue weighted by atomic mass is 35.5. The van der Waals surface area contributed by atoms with Gasteiger partial charge >= 0.3 is 6.09 Å². The molecule has 24 heavy (non-hydrogen) atoms. The third kappa shape index (κ3) is 2.57. The van der Waals surface area contributed by atoms with Crippen LogP contribution in [0.1, 0.15) is 12.0 Å². The maximum atomic E-state index is 11.3. The Morgan fingerprint density at radius 3 is 2.75 bits per heavy atom. The summed E-state index contributed by atoms with van der Waals surface area (Å²) in [6, 6.07) is 11.4. The minimum absolute atomic E-state index is 0.0430. The number of carbonyl (C=O) groups is 1. The van der Waals surface area contributed by atoms with E-state index in [-0.39, 0.29) is 6.04 Å². The molecule has 1 amide bonds. The molecule has 2 atom stereocenters. The van der Waals surface area contributed by atoms with Gasteiger partial charge in [-0.05, 0) is 29.8 Å². The number of rotatable bonds is 3. The van der Waals surface area contributed by atoms with Gasteiger partial charge in [0.2, 0.25) is 0 Å². The predicted octanol–water partition coefficient (Wildman–Crippen LogP) is 3.46. The number of halogens is 1. The lowest BCUT2D eigenvalue weighted by Gasteiger charge is -2.31. The lowest BCUT2D eigenvalue weighted by molar-refractivity contribution is -0.0430. The summed E-state index contributed by atoms with van der Waals surface area (Å²) in [4.78, 5) is 17.0. The van der Waals surface area contributed by atoms with E-state index < -0.39 is 11.7 Å². The lowest BCUT2D eigenvalue weighted by Crippen LogP contribution is -2.43. The minimum Gasteiger partial charge on any atom is -0.465 e. The Labute approximate surface area is 144 Å². The molecule has 2 aliphatic rings. The van der Waals surface area contributed by atoms with E-state index in [1.807, 2.05) is 24.3 Å². The van der Waals surface area contributed by atoms with Crippen molar-refractivity contribution in [2.45, 2.75) is 18.1 Å². The molecule has 1 aromatic carbocycles. The maximum absolute atomic E-state index is 11.3. The molecule has 0 radical (unpaired) electrons. The van der Waals surface area contributed by atoms with E-state index in [4.69, 9.17) is 16.3 Å². The summed E-state index contributed by atoms with van der Waals surface area (Å²) in [7, 11) is 0. The van der Waals surface area contributed by atoms with Crippen LogP contribution in [0.3, 0.4) is 0 Å². The summed E-state index contributed by atoms with van der Waals surface area (Å²) in [5, 5.41) is 13.1. The van der Waals surface area contributed by atoms with Crippen molar-refractivity contribution in [2.75, 3.05) is 18.5 Å². The summed E-state index contributed by atoms with van der Waals surface area (Å²) < 4.78 is 5.92. The number of nitrogens with zero attached hydrogens (tertiary/aromatic N) is 2. The van der Waals surface area contributed by atoms with Gasteiger partial charge in [-0.3, -0.25) is 4.90 Å². The number of hydrogen-bond donors (Lipinski definition) is 2. The summed E-state index contributed by atoms with van der Waals surface area (Å²) in [6.07, 6.45) is 1.42. The molecule has 2 aromatic rings. The largest absolute Gasteiger partial charge is 0.465 e. The van der Waals surface area contributed by atoms with E-state index in [0.29, 0.717) is 30.4 Å². The minimum atomic E-state index is -0.878. The molecule has 3 heterocycles. The highest BCUT2D eigenvalue weighted by Gasteiger charge is 2.53. The number of fused-ring (bicyclic) bond motifs is 2. The fourth-order valence-corrected chi connectivity index (χ4v) is 3.55. The number of hydrogen-bond acceptors (Lipinski definition) is 4. The second-order valence-electron chi connectivity index (χ2n) is 6.14. The molecule has 1 aromatic heterocycles. The first-order chi connectivity index (χ1) is 11.6. The first kappa shape index (κ1) is 15.2. The van der Waals surface area contributed by atoms with Crippen LogP contribution >= 0.6 is 11.6 Å². The zero-order valence-electron chi connectivity index (χ0n) is 12.8. The molecule has 0 unspecified atom stereocenters. The van der Waals surface area contributed by atoms with Gasteiger partial charge in [0.05, 0.1) is 24.2 Å². The highest BCUT2D eigenvalue weighted by molar-refractivity contribution is 6.30. The average molecular weight is 346 g/mol. The average Bonchev–Trinajstić information content (AvgIpc) is 3.17. The van der Waals surface area contributed by atoms with Gasteiger partial charge in [-0.15, -0.1) is 0 Å². The van der Waals surface area contributed by atoms with Gasteiger partial charge < -0.3 is 15.2 Å². The van der Waals surface area contributed by atoms with Gasteiger partial charge in [0.1, 0.15) is 11.4 Å².